The van der Waals surface area contributed by atoms with Gasteiger partial charge in [-0.05, 0) is 26.0 Å². The quantitative estimate of drug-likeness (QED) is 0.259. The van der Waals surface area contributed by atoms with E-state index in [1.807, 2.05) is 6.92 Å². The predicted octanol–water partition coefficient (Wildman–Crippen LogP) is 2.50. The molecule has 0 spiro atoms. The van der Waals surface area contributed by atoms with Crippen molar-refractivity contribution in [2.45, 2.75) is 18.7 Å². The summed E-state index contributed by atoms with van der Waals surface area (Å²) in [6, 6.07) is 6.08. The van der Waals surface area contributed by atoms with E-state index in [0.717, 1.165) is 17.3 Å². The van der Waals surface area contributed by atoms with Gasteiger partial charge in [-0.3, -0.25) is 4.28 Å². The maximum absolute atomic E-state index is 12.0. The van der Waals surface area contributed by atoms with Crippen molar-refractivity contribution in [3.05, 3.63) is 42.5 Å². The molecule has 0 fully saturated rings. The van der Waals surface area contributed by atoms with Gasteiger partial charge in [0.25, 0.3) is 0 Å². The van der Waals surface area contributed by atoms with Crippen LogP contribution in [-0.2, 0) is 23.9 Å². The van der Waals surface area contributed by atoms with E-state index in [4.69, 9.17) is 4.74 Å². The van der Waals surface area contributed by atoms with Crippen molar-refractivity contribution in [3.63, 3.8) is 0 Å². The topological polar surface area (TPSA) is 82.0 Å². The fourth-order valence-electron chi connectivity index (χ4n) is 1.28. The van der Waals surface area contributed by atoms with Gasteiger partial charge in [0.2, 0.25) is 5.04 Å². The maximum atomic E-state index is 12.0. The highest BCUT2D eigenvalue weighted by atomic mass is 32.2. The maximum Gasteiger partial charge on any atom is 0.367 e. The number of aryl methyl sites for hydroxylation is 1. The molecule has 0 aromatic heterocycles. The van der Waals surface area contributed by atoms with Gasteiger partial charge in [-0.25, -0.2) is 4.79 Å². The third-order valence-corrected chi connectivity index (χ3v) is 4.35. The molecule has 6 nitrogen and oxygen atoms in total. The summed E-state index contributed by atoms with van der Waals surface area (Å²) in [5.74, 6) is -0.376. The van der Waals surface area contributed by atoms with Gasteiger partial charge < -0.3 is 4.74 Å². The smallest absolute Gasteiger partial charge is 0.367 e. The fourth-order valence-corrected chi connectivity index (χ4v) is 2.60. The first-order chi connectivity index (χ1) is 10.4. The van der Waals surface area contributed by atoms with Crippen molar-refractivity contribution in [1.29, 1.82) is 0 Å². The number of nitrogens with zero attached hydrogens (tertiary/aromatic N) is 1. The molecule has 0 heterocycles. The molecule has 0 unspecified atom stereocenters. The number of oxime groups is 1. The van der Waals surface area contributed by atoms with Crippen LogP contribution in [0.25, 0.3) is 0 Å². The molecule has 0 saturated carbocycles. The minimum Gasteiger partial charge on any atom is -0.461 e. The third kappa shape index (κ3) is 5.53. The Labute approximate surface area is 134 Å². The van der Waals surface area contributed by atoms with Crippen LogP contribution in [-0.4, -0.2) is 31.8 Å². The molecule has 0 N–H and O–H groups in total. The molecule has 0 aliphatic rings. The standard InChI is InChI=1S/C14H17NO5S2/c1-4-10-21-13(14(16)19-5-2)15-20-22(17,18)12-8-6-11(3)7-9-12/h4,6-9H,1,5,10H2,2-3H3/b15-13-. The summed E-state index contributed by atoms with van der Waals surface area (Å²) < 4.78 is 33.4. The molecule has 0 atom stereocenters. The van der Waals surface area contributed by atoms with Gasteiger partial charge in [-0.15, -0.1) is 6.58 Å². The van der Waals surface area contributed by atoms with E-state index in [1.54, 1.807) is 25.1 Å². The van der Waals surface area contributed by atoms with Crippen molar-refractivity contribution in [2.24, 2.45) is 5.16 Å². The van der Waals surface area contributed by atoms with Gasteiger partial charge in [-0.1, -0.05) is 40.7 Å². The molecule has 8 heteroatoms. The Bertz CT molecular complexity index is 650. The monoisotopic (exact) mass is 343 g/mol. The molecule has 120 valence electrons. The first-order valence-electron chi connectivity index (χ1n) is 6.39. The molecule has 0 aliphatic carbocycles. The molecule has 0 amide bonds. The second kappa shape index (κ2) is 8.60. The number of esters is 1. The average Bonchev–Trinajstić information content (AvgIpc) is 2.48. The van der Waals surface area contributed by atoms with E-state index in [9.17, 15) is 13.2 Å². The second-order valence-corrected chi connectivity index (χ2v) is 6.60. The van der Waals surface area contributed by atoms with Crippen molar-refractivity contribution < 1.29 is 22.2 Å². The first kappa shape index (κ1) is 18.2. The lowest BCUT2D eigenvalue weighted by Crippen LogP contribution is -2.16. The number of benzene rings is 1. The van der Waals surface area contributed by atoms with Crippen LogP contribution < -0.4 is 0 Å². The van der Waals surface area contributed by atoms with Crippen molar-refractivity contribution in [1.82, 2.24) is 0 Å². The predicted molar refractivity (Wildman–Crippen MR) is 86.2 cm³/mol. The zero-order valence-corrected chi connectivity index (χ0v) is 13.9. The van der Waals surface area contributed by atoms with Crippen molar-refractivity contribution in [3.8, 4) is 0 Å². The molecule has 22 heavy (non-hydrogen) atoms. The molecule has 1 rings (SSSR count). The van der Waals surface area contributed by atoms with Gasteiger partial charge in [-0.2, -0.15) is 8.42 Å². The SMILES string of the molecule is C=CCS/C(=N\OS(=O)(=O)c1ccc(C)cc1)C(=O)OCC. The molecule has 0 radical (unpaired) electrons. The van der Waals surface area contributed by atoms with Crippen LogP contribution in [0.3, 0.4) is 0 Å². The number of carbonyl (C=O) groups is 1. The summed E-state index contributed by atoms with van der Waals surface area (Å²) in [5, 5.41) is 3.24. The first-order valence-corrected chi connectivity index (χ1v) is 8.79. The second-order valence-electron chi connectivity index (χ2n) is 4.06. The van der Waals surface area contributed by atoms with Crippen molar-refractivity contribution >= 4 is 32.9 Å². The molecular weight excluding hydrogens is 326 g/mol. The van der Waals surface area contributed by atoms with Gasteiger partial charge in [0, 0.05) is 5.75 Å². The number of carbonyl (C=O) groups excluding carboxylic acids is 1. The average molecular weight is 343 g/mol. The van der Waals surface area contributed by atoms with Crippen LogP contribution in [0.1, 0.15) is 12.5 Å². The summed E-state index contributed by atoms with van der Waals surface area (Å²) in [6.45, 7) is 7.14. The zero-order chi connectivity index (χ0) is 16.6. The summed E-state index contributed by atoms with van der Waals surface area (Å²) in [7, 11) is -4.08. The summed E-state index contributed by atoms with van der Waals surface area (Å²) >= 11 is 0.976. The Kier molecular flexibility index (Phi) is 7.13. The van der Waals surface area contributed by atoms with E-state index in [2.05, 4.69) is 16.0 Å². The van der Waals surface area contributed by atoms with Gasteiger partial charge >= 0.3 is 16.1 Å². The Balaban J connectivity index is 2.93. The Morgan fingerprint density at radius 3 is 2.55 bits per heavy atom. The number of rotatable bonds is 6. The summed E-state index contributed by atoms with van der Waals surface area (Å²) in [5.41, 5.74) is 0.913. The van der Waals surface area contributed by atoms with Crippen LogP contribution in [0.5, 0.6) is 0 Å². The van der Waals surface area contributed by atoms with Gasteiger partial charge in [0.05, 0.1) is 6.61 Å². The van der Waals surface area contributed by atoms with Gasteiger partial charge in [0.1, 0.15) is 4.90 Å². The highest BCUT2D eigenvalue weighted by Crippen LogP contribution is 2.15. The van der Waals surface area contributed by atoms with Crippen LogP contribution in [0.4, 0.5) is 0 Å². The lowest BCUT2D eigenvalue weighted by atomic mass is 10.2. The lowest BCUT2D eigenvalue weighted by molar-refractivity contribution is -0.134. The Morgan fingerprint density at radius 2 is 2.00 bits per heavy atom. The number of hydrogen-bond donors (Lipinski definition) is 0. The Morgan fingerprint density at radius 1 is 1.36 bits per heavy atom. The molecule has 1 aromatic rings. The van der Waals surface area contributed by atoms with Crippen LogP contribution in [0, 0.1) is 6.92 Å². The summed E-state index contributed by atoms with van der Waals surface area (Å²) in [4.78, 5) is 11.6. The zero-order valence-electron chi connectivity index (χ0n) is 12.3. The number of thioether (sulfide) groups is 1. The van der Waals surface area contributed by atoms with E-state index >= 15 is 0 Å². The minimum absolute atomic E-state index is 0.0428. The largest absolute Gasteiger partial charge is 0.461 e. The fraction of sp³-hybridized carbons (Fsp3) is 0.286. The third-order valence-electron chi connectivity index (χ3n) is 2.32. The van der Waals surface area contributed by atoms with Crippen LogP contribution >= 0.6 is 11.8 Å². The minimum atomic E-state index is -4.08. The lowest BCUT2D eigenvalue weighted by Gasteiger charge is -2.05. The molecule has 1 aromatic carbocycles. The molecule has 0 saturated heterocycles. The molecular formula is C14H17NO5S2. The summed E-state index contributed by atoms with van der Waals surface area (Å²) in [6.07, 6.45) is 1.55. The van der Waals surface area contributed by atoms with E-state index in [-0.39, 0.29) is 16.5 Å². The normalized spacial score (nSPS) is 11.8. The van der Waals surface area contributed by atoms with Crippen LogP contribution in [0.15, 0.2) is 47.0 Å². The van der Waals surface area contributed by atoms with Crippen molar-refractivity contribution in [2.75, 3.05) is 12.4 Å². The van der Waals surface area contributed by atoms with E-state index < -0.39 is 16.1 Å². The van der Waals surface area contributed by atoms with Gasteiger partial charge in [0.15, 0.2) is 0 Å². The van der Waals surface area contributed by atoms with E-state index in [0.29, 0.717) is 5.75 Å². The van der Waals surface area contributed by atoms with E-state index in [1.165, 1.54) is 12.1 Å². The highest BCUT2D eigenvalue weighted by Gasteiger charge is 2.19. The number of hydrogen-bond acceptors (Lipinski definition) is 7. The molecule has 0 aliphatic heterocycles. The molecule has 0 bridgehead atoms. The Hall–Kier alpha value is -1.80. The highest BCUT2D eigenvalue weighted by molar-refractivity contribution is 8.15. The van der Waals surface area contributed by atoms with Crippen LogP contribution in [0.2, 0.25) is 0 Å². The number of ether oxygens (including phenoxy) is 1.